The number of aromatic amines is 1. The summed E-state index contributed by atoms with van der Waals surface area (Å²) >= 11 is 0. The van der Waals surface area contributed by atoms with E-state index in [0.29, 0.717) is 50.9 Å². The number of hydrogen-bond acceptors (Lipinski definition) is 6. The molecule has 5 rings (SSSR count). The average molecular weight is 479 g/mol. The molecular weight excluding hydrogens is 456 g/mol. The van der Waals surface area contributed by atoms with Crippen molar-refractivity contribution < 1.29 is 18.5 Å². The molecule has 0 aliphatic carbocycles. The van der Waals surface area contributed by atoms with E-state index in [1.165, 1.54) is 11.7 Å². The van der Waals surface area contributed by atoms with Gasteiger partial charge in [-0.3, -0.25) is 14.2 Å². The number of carbonyl (C=O) groups is 2. The van der Waals surface area contributed by atoms with Gasteiger partial charge in [0.05, 0.1) is 44.5 Å². The summed E-state index contributed by atoms with van der Waals surface area (Å²) in [6.45, 7) is 0.309. The Labute approximate surface area is 195 Å². The number of aryl methyl sites for hydroxylation is 1. The monoisotopic (exact) mass is 478 g/mol. The molecule has 4 aromatic rings. The van der Waals surface area contributed by atoms with Crippen LogP contribution in [0.5, 0.6) is 0 Å². The van der Waals surface area contributed by atoms with Crippen LogP contribution in [0.2, 0.25) is 0 Å². The molecule has 0 fully saturated rings. The number of nitrogens with zero attached hydrogens (tertiary/aromatic N) is 3. The van der Waals surface area contributed by atoms with E-state index in [1.54, 1.807) is 61.8 Å². The minimum absolute atomic E-state index is 0.266. The minimum atomic E-state index is -2.57. The number of benzene rings is 3. The molecule has 1 aromatic heterocycles. The second-order valence-corrected chi connectivity index (χ2v) is 10.8. The van der Waals surface area contributed by atoms with Gasteiger partial charge in [-0.25, -0.2) is 13.9 Å². The number of carbonyl (C=O) groups excluding carboxylic acids is 2. The van der Waals surface area contributed by atoms with Gasteiger partial charge < -0.3 is 9.72 Å². The van der Waals surface area contributed by atoms with Crippen LogP contribution >= 0.6 is 0 Å². The van der Waals surface area contributed by atoms with E-state index in [2.05, 4.69) is 9.35 Å². The van der Waals surface area contributed by atoms with Gasteiger partial charge in [-0.15, -0.1) is 0 Å². The molecule has 2 amide bonds. The third kappa shape index (κ3) is 3.42. The maximum atomic E-state index is 13.5. The fraction of sp³-hybridized carbons (Fsp3) is 0.208. The molecule has 34 heavy (non-hydrogen) atoms. The van der Waals surface area contributed by atoms with E-state index in [-0.39, 0.29) is 11.4 Å². The molecule has 9 nitrogen and oxygen atoms in total. The molecule has 2 heterocycles. The van der Waals surface area contributed by atoms with Crippen LogP contribution in [0, 0.1) is 0 Å². The van der Waals surface area contributed by atoms with Crippen LogP contribution in [0.3, 0.4) is 0 Å². The number of rotatable bonds is 5. The van der Waals surface area contributed by atoms with Crippen molar-refractivity contribution in [1.29, 1.82) is 0 Å². The predicted octanol–water partition coefficient (Wildman–Crippen LogP) is 3.20. The minimum Gasteiger partial charge on any atom is -0.384 e. The van der Waals surface area contributed by atoms with Crippen LogP contribution in [0.15, 0.2) is 57.7 Å². The summed E-state index contributed by atoms with van der Waals surface area (Å²) in [7, 11) is 0.584. The normalized spacial score (nSPS) is 15.2. The maximum absolute atomic E-state index is 13.5. The largest absolute Gasteiger partial charge is 0.384 e. The lowest BCUT2D eigenvalue weighted by molar-refractivity contribution is 0.0893. The molecule has 1 aliphatic rings. The Kier molecular flexibility index (Phi) is 5.14. The van der Waals surface area contributed by atoms with E-state index in [0.717, 1.165) is 4.90 Å². The van der Waals surface area contributed by atoms with Crippen molar-refractivity contribution in [3.63, 3.8) is 0 Å². The molecule has 0 saturated carbocycles. The van der Waals surface area contributed by atoms with Gasteiger partial charge in [0.2, 0.25) is 0 Å². The summed E-state index contributed by atoms with van der Waals surface area (Å²) in [5.74, 6) is -0.684. The summed E-state index contributed by atoms with van der Waals surface area (Å²) in [6.07, 6.45) is 1.56. The molecule has 1 N–H and O–H groups in total. The number of anilines is 1. The third-order valence-electron chi connectivity index (χ3n) is 5.99. The molecule has 0 radical (unpaired) electrons. The van der Waals surface area contributed by atoms with E-state index >= 15 is 0 Å². The van der Waals surface area contributed by atoms with Gasteiger partial charge in [-0.05, 0) is 36.4 Å². The third-order valence-corrected chi connectivity index (χ3v) is 7.50. The second-order valence-electron chi connectivity index (χ2n) is 8.24. The molecule has 0 spiro atoms. The average Bonchev–Trinajstić information content (AvgIpc) is 3.10. The Bertz CT molecular complexity index is 1670. The molecule has 3 aromatic carbocycles. The fourth-order valence-corrected chi connectivity index (χ4v) is 5.38. The number of aromatic nitrogens is 2. The first-order valence-corrected chi connectivity index (χ1v) is 12.6. The van der Waals surface area contributed by atoms with Crippen LogP contribution in [-0.4, -0.2) is 51.3 Å². The molecule has 1 aliphatic heterocycles. The smallest absolute Gasteiger partial charge is 0.326 e. The van der Waals surface area contributed by atoms with Gasteiger partial charge in [-0.2, -0.15) is 4.36 Å². The van der Waals surface area contributed by atoms with Crippen molar-refractivity contribution in [1.82, 2.24) is 9.55 Å². The number of H-pyrrole nitrogens is 1. The zero-order valence-corrected chi connectivity index (χ0v) is 19.6. The van der Waals surface area contributed by atoms with E-state index < -0.39 is 21.5 Å². The zero-order chi connectivity index (χ0) is 24.2. The van der Waals surface area contributed by atoms with Crippen LogP contribution < -0.4 is 10.6 Å². The highest BCUT2D eigenvalue weighted by atomic mass is 32.2. The van der Waals surface area contributed by atoms with Crippen molar-refractivity contribution in [3.8, 4) is 0 Å². The lowest BCUT2D eigenvalue weighted by atomic mass is 9.93. The summed E-state index contributed by atoms with van der Waals surface area (Å²) < 4.78 is 23.8. The van der Waals surface area contributed by atoms with Crippen molar-refractivity contribution in [2.24, 2.45) is 11.4 Å². The zero-order valence-electron chi connectivity index (χ0n) is 18.8. The van der Waals surface area contributed by atoms with Crippen LogP contribution in [0.4, 0.5) is 11.4 Å². The topological polar surface area (TPSA) is 114 Å². The number of imidazole rings is 1. The Balaban J connectivity index is 1.67. The Morgan fingerprint density at radius 3 is 2.50 bits per heavy atom. The summed E-state index contributed by atoms with van der Waals surface area (Å²) in [5.41, 5.74) is 2.44. The quantitative estimate of drug-likeness (QED) is 0.443. The predicted molar refractivity (Wildman–Crippen MR) is 132 cm³/mol. The number of imide groups is 1. The van der Waals surface area contributed by atoms with Crippen molar-refractivity contribution in [2.45, 2.75) is 0 Å². The fourth-order valence-electron chi connectivity index (χ4n) is 4.24. The number of nitrogens with one attached hydrogen (secondary N) is 1. The van der Waals surface area contributed by atoms with Crippen molar-refractivity contribution >= 4 is 54.7 Å². The highest BCUT2D eigenvalue weighted by Crippen LogP contribution is 2.38. The summed E-state index contributed by atoms with van der Waals surface area (Å²) in [6, 6.07) is 13.4. The first-order chi connectivity index (χ1) is 16.2. The molecule has 10 heteroatoms. The molecule has 0 saturated heterocycles. The van der Waals surface area contributed by atoms with Crippen LogP contribution in [0.25, 0.3) is 21.8 Å². The number of ether oxygens (including phenoxy) is 1. The molecular formula is C24H22N4O5S. The Morgan fingerprint density at radius 1 is 1.03 bits per heavy atom. The lowest BCUT2D eigenvalue weighted by Crippen LogP contribution is -2.40. The van der Waals surface area contributed by atoms with Crippen molar-refractivity contribution in [3.05, 3.63) is 70.1 Å². The number of amides is 2. The van der Waals surface area contributed by atoms with Crippen LogP contribution in [0.1, 0.15) is 20.7 Å². The maximum Gasteiger partial charge on any atom is 0.326 e. The standard InChI is InChI=1S/C24H22N4O5S/c1-27-20-13-14(7-9-19(20)25-24(27)31)28-22(29)16-6-4-5-15-18(26-34(3,32)12-11-33-2)10-8-17(21(15)16)23(28)30/h4-10,13H,11-12H2,1-3H3,(H,25,31). The van der Waals surface area contributed by atoms with Crippen LogP contribution in [-0.2, 0) is 21.5 Å². The van der Waals surface area contributed by atoms with Gasteiger partial charge in [-0.1, -0.05) is 12.1 Å². The SMILES string of the molecule is COCCS(C)(=O)=Nc1ccc2c3c(cccc13)C(=O)N(c1ccc3[nH]c(=O)n(C)c3c1)C2=O. The first-order valence-electron chi connectivity index (χ1n) is 10.5. The first kappa shape index (κ1) is 22.1. The highest BCUT2D eigenvalue weighted by molar-refractivity contribution is 7.93. The van der Waals surface area contributed by atoms with Gasteiger partial charge in [0.25, 0.3) is 11.8 Å². The van der Waals surface area contributed by atoms with E-state index in [4.69, 9.17) is 4.74 Å². The summed E-state index contributed by atoms with van der Waals surface area (Å²) in [5, 5.41) is 1.08. The Hall–Kier alpha value is -3.76. The van der Waals surface area contributed by atoms with Crippen molar-refractivity contribution in [2.75, 3.05) is 30.6 Å². The highest BCUT2D eigenvalue weighted by Gasteiger charge is 2.34. The summed E-state index contributed by atoms with van der Waals surface area (Å²) in [4.78, 5) is 42.8. The number of methoxy groups -OCH3 is 1. The number of fused-ring (bicyclic) bond motifs is 1. The number of hydrogen-bond donors (Lipinski definition) is 1. The Morgan fingerprint density at radius 2 is 1.76 bits per heavy atom. The van der Waals surface area contributed by atoms with Gasteiger partial charge in [0.1, 0.15) is 0 Å². The molecule has 1 atom stereocenters. The van der Waals surface area contributed by atoms with Gasteiger partial charge >= 0.3 is 5.69 Å². The van der Waals surface area contributed by atoms with E-state index in [9.17, 15) is 18.6 Å². The molecule has 174 valence electrons. The molecule has 0 bridgehead atoms. The van der Waals surface area contributed by atoms with E-state index in [1.807, 2.05) is 0 Å². The second kappa shape index (κ2) is 7.93. The van der Waals surface area contributed by atoms with Gasteiger partial charge in [0, 0.05) is 42.3 Å². The molecule has 1 unspecified atom stereocenters. The lowest BCUT2D eigenvalue weighted by Gasteiger charge is -2.27. The van der Waals surface area contributed by atoms with Gasteiger partial charge in [0.15, 0.2) is 0 Å².